The van der Waals surface area contributed by atoms with Gasteiger partial charge in [0.25, 0.3) is 5.91 Å². The average molecular weight is 570 g/mol. The SMILES string of the molecule is CCOc1cc(C(=O)Nc2cc(C3CC3)ccn2)c(F)cc1-c1nc([C@@H]2CC[C@H]3CCC(=O)N3C2)n2ccnc(N)c12. The number of imidazole rings is 1. The van der Waals surface area contributed by atoms with Crippen molar-refractivity contribution in [3.63, 3.8) is 0 Å². The fraction of sp³-hybridized carbons (Fsp3) is 0.387. The van der Waals surface area contributed by atoms with Crippen LogP contribution < -0.4 is 15.8 Å². The highest BCUT2D eigenvalue weighted by Gasteiger charge is 2.38. The van der Waals surface area contributed by atoms with Crippen molar-refractivity contribution in [2.75, 3.05) is 24.2 Å². The maximum Gasteiger partial charge on any atom is 0.259 e. The van der Waals surface area contributed by atoms with E-state index < -0.39 is 11.7 Å². The summed E-state index contributed by atoms with van der Waals surface area (Å²) in [6.07, 6.45) is 10.5. The summed E-state index contributed by atoms with van der Waals surface area (Å²) in [6.45, 7) is 2.68. The molecule has 3 aliphatic rings. The number of hydrogen-bond donors (Lipinski definition) is 2. The quantitative estimate of drug-likeness (QED) is 0.324. The molecule has 0 spiro atoms. The van der Waals surface area contributed by atoms with Crippen LogP contribution in [0.25, 0.3) is 16.8 Å². The number of benzene rings is 1. The predicted octanol–water partition coefficient (Wildman–Crippen LogP) is 4.91. The summed E-state index contributed by atoms with van der Waals surface area (Å²) in [5.74, 6) is 0.958. The number of hydrogen-bond acceptors (Lipinski definition) is 7. The fourth-order valence-electron chi connectivity index (χ4n) is 6.40. The zero-order valence-corrected chi connectivity index (χ0v) is 23.3. The minimum atomic E-state index is -0.724. The van der Waals surface area contributed by atoms with E-state index in [4.69, 9.17) is 15.5 Å². The third kappa shape index (κ3) is 4.62. The van der Waals surface area contributed by atoms with Gasteiger partial charge in [-0.05, 0) is 74.8 Å². The normalized spacial score (nSPS) is 20.1. The molecule has 2 amide bonds. The van der Waals surface area contributed by atoms with Crippen LogP contribution in [0.2, 0.25) is 0 Å². The topological polar surface area (TPSA) is 128 Å². The predicted molar refractivity (Wildman–Crippen MR) is 155 cm³/mol. The van der Waals surface area contributed by atoms with Gasteiger partial charge in [-0.2, -0.15) is 0 Å². The zero-order chi connectivity index (χ0) is 29.0. The van der Waals surface area contributed by atoms with Gasteiger partial charge in [0.1, 0.15) is 40.2 Å². The Balaban J connectivity index is 1.27. The third-order valence-corrected chi connectivity index (χ3v) is 8.64. The Hall–Kier alpha value is -4.54. The van der Waals surface area contributed by atoms with Crippen LogP contribution in [0.5, 0.6) is 5.75 Å². The summed E-state index contributed by atoms with van der Waals surface area (Å²) >= 11 is 0. The highest BCUT2D eigenvalue weighted by molar-refractivity contribution is 6.05. The maximum atomic E-state index is 15.7. The molecule has 3 aromatic heterocycles. The molecule has 10 nitrogen and oxygen atoms in total. The Morgan fingerprint density at radius 1 is 1.12 bits per heavy atom. The molecule has 5 heterocycles. The maximum absolute atomic E-state index is 15.7. The molecule has 2 saturated heterocycles. The Morgan fingerprint density at radius 2 is 1.95 bits per heavy atom. The molecular formula is C31H32FN7O3. The minimum absolute atomic E-state index is 0.0179. The lowest BCUT2D eigenvalue weighted by atomic mass is 9.92. The Labute approximate surface area is 242 Å². The lowest BCUT2D eigenvalue weighted by Gasteiger charge is -2.34. The van der Waals surface area contributed by atoms with Crippen LogP contribution >= 0.6 is 0 Å². The Morgan fingerprint density at radius 3 is 2.76 bits per heavy atom. The molecule has 216 valence electrons. The number of pyridine rings is 1. The molecule has 0 unspecified atom stereocenters. The molecule has 11 heteroatoms. The largest absolute Gasteiger partial charge is 0.493 e. The minimum Gasteiger partial charge on any atom is -0.493 e. The number of carbonyl (C=O) groups excluding carboxylic acids is 2. The van der Waals surface area contributed by atoms with Crippen LogP contribution in [-0.2, 0) is 4.79 Å². The van der Waals surface area contributed by atoms with Crippen LogP contribution in [0, 0.1) is 5.82 Å². The number of anilines is 2. The van der Waals surface area contributed by atoms with E-state index in [2.05, 4.69) is 15.3 Å². The van der Waals surface area contributed by atoms with Gasteiger partial charge in [-0.1, -0.05) is 0 Å². The standard InChI is InChI=1S/C31H32FN7O3/c1-2-42-24-15-21(31(41)36-25-13-18(9-10-34-25)17-3-4-17)23(32)14-22(24)27-28-29(33)35-11-12-38(28)30(37-27)19-5-6-20-7-8-26(40)39(20)16-19/h9-15,17,19-20H,2-8,16H2,1H3,(H2,33,35)(H,34,36,41)/t19-,20+/m1/s1. The lowest BCUT2D eigenvalue weighted by Crippen LogP contribution is -2.41. The summed E-state index contributed by atoms with van der Waals surface area (Å²) in [6, 6.07) is 6.74. The summed E-state index contributed by atoms with van der Waals surface area (Å²) in [5.41, 5.74) is 8.63. The number of nitrogens with zero attached hydrogens (tertiary/aromatic N) is 5. The van der Waals surface area contributed by atoms with Gasteiger partial charge >= 0.3 is 0 Å². The van der Waals surface area contributed by atoms with Crippen molar-refractivity contribution < 1.29 is 18.7 Å². The smallest absolute Gasteiger partial charge is 0.259 e. The summed E-state index contributed by atoms with van der Waals surface area (Å²) in [7, 11) is 0. The number of nitrogens with one attached hydrogen (secondary N) is 1. The summed E-state index contributed by atoms with van der Waals surface area (Å²) in [4.78, 5) is 41.2. The molecule has 1 saturated carbocycles. The number of fused-ring (bicyclic) bond motifs is 2. The van der Waals surface area contributed by atoms with Crippen LogP contribution in [0.15, 0.2) is 42.9 Å². The summed E-state index contributed by atoms with van der Waals surface area (Å²) < 4.78 is 23.5. The van der Waals surface area contributed by atoms with Gasteiger partial charge in [-0.25, -0.2) is 19.3 Å². The molecular weight excluding hydrogens is 537 g/mol. The highest BCUT2D eigenvalue weighted by Crippen LogP contribution is 2.42. The molecule has 1 aliphatic carbocycles. The van der Waals surface area contributed by atoms with Crippen molar-refractivity contribution >= 4 is 29.0 Å². The number of nitrogens with two attached hydrogens (primary N) is 1. The van der Waals surface area contributed by atoms with Crippen molar-refractivity contribution in [3.8, 4) is 17.0 Å². The van der Waals surface area contributed by atoms with E-state index >= 15 is 4.39 Å². The molecule has 3 N–H and O–H groups in total. The van der Waals surface area contributed by atoms with Gasteiger partial charge in [0.2, 0.25) is 5.91 Å². The van der Waals surface area contributed by atoms with Crippen molar-refractivity contribution in [2.45, 2.75) is 63.3 Å². The number of carbonyl (C=O) groups is 2. The van der Waals surface area contributed by atoms with Gasteiger partial charge in [-0.3, -0.25) is 14.0 Å². The van der Waals surface area contributed by atoms with Crippen molar-refractivity contribution in [1.82, 2.24) is 24.3 Å². The van der Waals surface area contributed by atoms with E-state index in [0.29, 0.717) is 47.2 Å². The summed E-state index contributed by atoms with van der Waals surface area (Å²) in [5, 5.41) is 2.73. The number of aromatic nitrogens is 4. The average Bonchev–Trinajstić information content (AvgIpc) is 3.68. The van der Waals surface area contributed by atoms with Gasteiger partial charge in [0, 0.05) is 49.1 Å². The van der Waals surface area contributed by atoms with E-state index in [0.717, 1.165) is 43.5 Å². The van der Waals surface area contributed by atoms with Gasteiger partial charge in [0.15, 0.2) is 0 Å². The molecule has 2 atom stereocenters. The molecule has 3 fully saturated rings. The van der Waals surface area contributed by atoms with Gasteiger partial charge in [-0.15, -0.1) is 0 Å². The number of piperidine rings is 1. The second-order valence-electron chi connectivity index (χ2n) is 11.3. The first-order valence-electron chi connectivity index (χ1n) is 14.6. The van der Waals surface area contributed by atoms with Crippen molar-refractivity contribution in [3.05, 3.63) is 65.6 Å². The van der Waals surface area contributed by atoms with Crippen LogP contribution in [0.1, 0.15) is 79.0 Å². The van der Waals surface area contributed by atoms with Gasteiger partial charge < -0.3 is 20.7 Å². The van der Waals surface area contributed by atoms with Gasteiger partial charge in [0.05, 0.1) is 12.2 Å². The van der Waals surface area contributed by atoms with Crippen molar-refractivity contribution in [1.29, 1.82) is 0 Å². The second-order valence-corrected chi connectivity index (χ2v) is 11.3. The van der Waals surface area contributed by atoms with Crippen LogP contribution in [-0.4, -0.2) is 55.3 Å². The molecule has 42 heavy (non-hydrogen) atoms. The third-order valence-electron chi connectivity index (χ3n) is 8.64. The van der Waals surface area contributed by atoms with E-state index in [1.165, 1.54) is 12.1 Å². The monoisotopic (exact) mass is 569 g/mol. The molecule has 1 aromatic carbocycles. The first-order valence-corrected chi connectivity index (χ1v) is 14.6. The van der Waals surface area contributed by atoms with Crippen LogP contribution in [0.4, 0.5) is 16.0 Å². The number of amides is 2. The number of nitrogen functional groups attached to an aromatic ring is 1. The lowest BCUT2D eigenvalue weighted by molar-refractivity contribution is -0.130. The van der Waals surface area contributed by atoms with E-state index in [1.807, 2.05) is 28.4 Å². The molecule has 7 rings (SSSR count). The number of halogens is 1. The molecule has 0 bridgehead atoms. The first-order chi connectivity index (χ1) is 20.4. The molecule has 4 aromatic rings. The number of rotatable bonds is 7. The second kappa shape index (κ2) is 10.4. The Bertz CT molecular complexity index is 1720. The highest BCUT2D eigenvalue weighted by atomic mass is 19.1. The fourth-order valence-corrected chi connectivity index (χ4v) is 6.40. The van der Waals surface area contributed by atoms with Crippen molar-refractivity contribution in [2.24, 2.45) is 0 Å². The number of ether oxygens (including phenoxy) is 1. The van der Waals surface area contributed by atoms with E-state index in [1.54, 1.807) is 18.6 Å². The van der Waals surface area contributed by atoms with Crippen LogP contribution in [0.3, 0.4) is 0 Å². The molecule has 2 aliphatic heterocycles. The Kier molecular flexibility index (Phi) is 6.52. The van der Waals surface area contributed by atoms with E-state index in [9.17, 15) is 9.59 Å². The molecule has 0 radical (unpaired) electrons. The van der Waals surface area contributed by atoms with E-state index in [-0.39, 0.29) is 35.9 Å². The first kappa shape index (κ1) is 26.4. The zero-order valence-electron chi connectivity index (χ0n) is 23.3.